The molecule has 4 aromatic rings. The first-order chi connectivity index (χ1) is 16.0. The molecule has 0 aliphatic heterocycles. The summed E-state index contributed by atoms with van der Waals surface area (Å²) < 4.78 is 2.06. The van der Waals surface area contributed by atoms with Gasteiger partial charge in [0, 0.05) is 17.3 Å². The first-order valence-electron chi connectivity index (χ1n) is 11.1. The maximum atomic E-state index is 12.3. The summed E-state index contributed by atoms with van der Waals surface area (Å²) in [5.74, 6) is 1.28. The highest BCUT2D eigenvalue weighted by molar-refractivity contribution is 8.13. The van der Waals surface area contributed by atoms with Gasteiger partial charge in [0.25, 0.3) is 0 Å². The van der Waals surface area contributed by atoms with Crippen molar-refractivity contribution in [1.29, 1.82) is 0 Å². The second-order valence-corrected chi connectivity index (χ2v) is 10.5. The minimum atomic E-state index is 0.169. The molecule has 0 spiro atoms. The summed E-state index contributed by atoms with van der Waals surface area (Å²) in [7, 11) is 0. The van der Waals surface area contributed by atoms with Crippen LogP contribution in [0.2, 0.25) is 0 Å². The monoisotopic (exact) mass is 475 g/mol. The van der Waals surface area contributed by atoms with Crippen molar-refractivity contribution in [3.05, 3.63) is 64.4 Å². The number of benzene rings is 1. The lowest BCUT2D eigenvalue weighted by atomic mass is 10.0. The smallest absolute Gasteiger partial charge is 0.195 e. The molecule has 168 valence electrons. The number of carbonyl (C=O) groups excluding carboxylic acids is 1. The third-order valence-electron chi connectivity index (χ3n) is 5.78. The Morgan fingerprint density at radius 1 is 1.21 bits per heavy atom. The van der Waals surface area contributed by atoms with Crippen LogP contribution in [0, 0.1) is 6.92 Å². The van der Waals surface area contributed by atoms with Crippen LogP contribution in [-0.2, 0) is 24.1 Å². The Hall–Kier alpha value is -2.97. The third-order valence-corrected chi connectivity index (χ3v) is 7.64. The molecule has 1 aromatic carbocycles. The molecule has 1 aliphatic carbocycles. The van der Waals surface area contributed by atoms with Crippen molar-refractivity contribution in [3.8, 4) is 27.5 Å². The van der Waals surface area contributed by atoms with Gasteiger partial charge in [0.2, 0.25) is 0 Å². The SMILES string of the molecule is CCSC(=O)Cc1nc2c(s1)-c1c(c(-c3ccc(N)nc3)nn1-c1ccccc1C)CCC2. The van der Waals surface area contributed by atoms with Gasteiger partial charge < -0.3 is 5.73 Å². The Balaban J connectivity index is 1.71. The predicted molar refractivity (Wildman–Crippen MR) is 136 cm³/mol. The van der Waals surface area contributed by atoms with E-state index in [4.69, 9.17) is 15.8 Å². The third kappa shape index (κ3) is 4.20. The van der Waals surface area contributed by atoms with Crippen LogP contribution in [0.1, 0.15) is 35.2 Å². The predicted octanol–water partition coefficient (Wildman–Crippen LogP) is 5.26. The molecule has 2 N–H and O–H groups in total. The number of nitrogens with two attached hydrogens (primary N) is 1. The molecule has 5 rings (SSSR count). The topological polar surface area (TPSA) is 86.7 Å². The van der Waals surface area contributed by atoms with E-state index in [9.17, 15) is 4.79 Å². The van der Waals surface area contributed by atoms with Crippen LogP contribution in [-0.4, -0.2) is 30.6 Å². The van der Waals surface area contributed by atoms with Crippen LogP contribution in [0.4, 0.5) is 5.82 Å². The molecule has 33 heavy (non-hydrogen) atoms. The lowest BCUT2D eigenvalue weighted by Gasteiger charge is -2.10. The van der Waals surface area contributed by atoms with Gasteiger partial charge in [0.1, 0.15) is 10.8 Å². The van der Waals surface area contributed by atoms with Gasteiger partial charge in [0.05, 0.1) is 34.1 Å². The zero-order valence-corrected chi connectivity index (χ0v) is 20.3. The molecule has 8 heteroatoms. The summed E-state index contributed by atoms with van der Waals surface area (Å²) in [6.45, 7) is 4.10. The molecule has 0 saturated carbocycles. The van der Waals surface area contributed by atoms with E-state index < -0.39 is 0 Å². The fraction of sp³-hybridized carbons (Fsp3) is 0.280. The van der Waals surface area contributed by atoms with Gasteiger partial charge in [-0.05, 0) is 55.7 Å². The van der Waals surface area contributed by atoms with Crippen LogP contribution in [0.5, 0.6) is 0 Å². The van der Waals surface area contributed by atoms with Crippen molar-refractivity contribution < 1.29 is 4.79 Å². The number of para-hydroxylation sites is 1. The number of nitrogens with zero attached hydrogens (tertiary/aromatic N) is 4. The Morgan fingerprint density at radius 2 is 2.06 bits per heavy atom. The number of pyridine rings is 1. The molecular formula is C25H25N5OS2. The molecule has 0 fully saturated rings. The molecule has 0 amide bonds. The molecule has 3 aromatic heterocycles. The Bertz CT molecular complexity index is 1320. The van der Waals surface area contributed by atoms with E-state index in [2.05, 4.69) is 28.7 Å². The van der Waals surface area contributed by atoms with Gasteiger partial charge in [0.15, 0.2) is 5.12 Å². The molecule has 0 saturated heterocycles. The average molecular weight is 476 g/mol. The van der Waals surface area contributed by atoms with E-state index in [1.165, 1.54) is 17.3 Å². The Labute approximate surface area is 201 Å². The zero-order chi connectivity index (χ0) is 22.9. The summed E-state index contributed by atoms with van der Waals surface area (Å²) in [5, 5.41) is 6.16. The van der Waals surface area contributed by atoms with Crippen molar-refractivity contribution >= 4 is 34.0 Å². The summed E-state index contributed by atoms with van der Waals surface area (Å²) in [6, 6.07) is 12.1. The normalized spacial score (nSPS) is 12.8. The van der Waals surface area contributed by atoms with Gasteiger partial charge in [-0.15, -0.1) is 11.3 Å². The van der Waals surface area contributed by atoms with Gasteiger partial charge in [-0.1, -0.05) is 36.9 Å². The van der Waals surface area contributed by atoms with Gasteiger partial charge >= 0.3 is 0 Å². The minimum absolute atomic E-state index is 0.169. The number of rotatable bonds is 5. The standard InChI is InChI=1S/C25H25N5OS2/c1-3-32-22(31)13-21-28-18-9-6-8-17-23(16-11-12-20(26)27-14-16)29-30(24(17)25(18)33-21)19-10-5-4-7-15(19)2/h4-5,7,10-12,14H,3,6,8-9,13H2,1-2H3,(H2,26,27). The maximum Gasteiger partial charge on any atom is 0.195 e. The number of hydrogen-bond acceptors (Lipinski definition) is 7. The maximum absolute atomic E-state index is 12.3. The quantitative estimate of drug-likeness (QED) is 0.424. The van der Waals surface area contributed by atoms with Crippen LogP contribution >= 0.6 is 23.1 Å². The van der Waals surface area contributed by atoms with E-state index >= 15 is 0 Å². The minimum Gasteiger partial charge on any atom is -0.384 e. The first-order valence-corrected chi connectivity index (χ1v) is 12.9. The number of carbonyl (C=O) groups is 1. The van der Waals surface area contributed by atoms with Crippen LogP contribution in [0.25, 0.3) is 27.5 Å². The summed E-state index contributed by atoms with van der Waals surface area (Å²) in [5.41, 5.74) is 13.3. The number of fused-ring (bicyclic) bond motifs is 3. The highest BCUT2D eigenvalue weighted by atomic mass is 32.2. The Kier molecular flexibility index (Phi) is 6.03. The number of thioether (sulfide) groups is 1. The molecule has 3 heterocycles. The number of hydrogen-bond donors (Lipinski definition) is 1. The Morgan fingerprint density at radius 3 is 2.82 bits per heavy atom. The fourth-order valence-corrected chi connectivity index (χ4v) is 6.09. The molecule has 0 bridgehead atoms. The number of aromatic nitrogens is 4. The van der Waals surface area contributed by atoms with E-state index in [-0.39, 0.29) is 5.12 Å². The molecular weight excluding hydrogens is 450 g/mol. The first kappa shape index (κ1) is 21.9. The lowest BCUT2D eigenvalue weighted by Crippen LogP contribution is -2.02. The summed E-state index contributed by atoms with van der Waals surface area (Å²) >= 11 is 2.99. The summed E-state index contributed by atoms with van der Waals surface area (Å²) in [6.07, 6.45) is 4.95. The van der Waals surface area contributed by atoms with Crippen molar-refractivity contribution in [2.24, 2.45) is 0 Å². The van der Waals surface area contributed by atoms with E-state index in [1.807, 2.05) is 31.2 Å². The molecule has 6 nitrogen and oxygen atoms in total. The van der Waals surface area contributed by atoms with E-state index in [0.717, 1.165) is 68.8 Å². The molecule has 0 atom stereocenters. The lowest BCUT2D eigenvalue weighted by molar-refractivity contribution is -0.110. The van der Waals surface area contributed by atoms with E-state index in [1.54, 1.807) is 17.5 Å². The number of thiazole rings is 1. The van der Waals surface area contributed by atoms with Crippen molar-refractivity contribution in [2.45, 2.75) is 39.5 Å². The number of nitrogen functional groups attached to an aromatic ring is 1. The molecule has 1 aliphatic rings. The second kappa shape index (κ2) is 9.11. The second-order valence-electron chi connectivity index (χ2n) is 8.06. The zero-order valence-electron chi connectivity index (χ0n) is 18.7. The van der Waals surface area contributed by atoms with Crippen LogP contribution in [0.15, 0.2) is 42.6 Å². The fourth-order valence-electron chi connectivity index (χ4n) is 4.27. The highest BCUT2D eigenvalue weighted by Gasteiger charge is 2.29. The number of anilines is 1. The highest BCUT2D eigenvalue weighted by Crippen LogP contribution is 2.42. The van der Waals surface area contributed by atoms with Crippen molar-refractivity contribution in [3.63, 3.8) is 0 Å². The van der Waals surface area contributed by atoms with Crippen LogP contribution in [0.3, 0.4) is 0 Å². The summed E-state index contributed by atoms with van der Waals surface area (Å²) in [4.78, 5) is 22.6. The van der Waals surface area contributed by atoms with Gasteiger partial charge in [-0.25, -0.2) is 14.6 Å². The number of aryl methyl sites for hydroxylation is 2. The largest absolute Gasteiger partial charge is 0.384 e. The molecule has 0 unspecified atom stereocenters. The molecule has 0 radical (unpaired) electrons. The van der Waals surface area contributed by atoms with Crippen LogP contribution < -0.4 is 5.73 Å². The van der Waals surface area contributed by atoms with Gasteiger partial charge in [-0.2, -0.15) is 5.10 Å². The van der Waals surface area contributed by atoms with Crippen molar-refractivity contribution in [1.82, 2.24) is 19.7 Å². The van der Waals surface area contributed by atoms with Gasteiger partial charge in [-0.3, -0.25) is 4.79 Å². The average Bonchev–Trinajstić information content (AvgIpc) is 3.31. The van der Waals surface area contributed by atoms with E-state index in [0.29, 0.717) is 12.2 Å². The van der Waals surface area contributed by atoms with Crippen molar-refractivity contribution in [2.75, 3.05) is 11.5 Å².